The number of hydrogen-bond donors (Lipinski definition) is 2. The van der Waals surface area contributed by atoms with Gasteiger partial charge in [0.05, 0.1) is 0 Å². The summed E-state index contributed by atoms with van der Waals surface area (Å²) in [5, 5.41) is 2.50. The van der Waals surface area contributed by atoms with Crippen molar-refractivity contribution in [2.45, 2.75) is 26.3 Å². The highest BCUT2D eigenvalue weighted by Gasteiger charge is 2.12. The molecule has 0 aliphatic heterocycles. The molecule has 0 aliphatic rings. The standard InChI is InChI=1S/C7H16N2O2/c1-4-9-6(10)11-5-7(2,3)8/h4-5,8H2,1-3H3,(H,9,10). The molecule has 0 saturated carbocycles. The highest BCUT2D eigenvalue weighted by atomic mass is 16.5. The number of ether oxygens (including phenoxy) is 1. The van der Waals surface area contributed by atoms with Crippen molar-refractivity contribution >= 4 is 6.09 Å². The summed E-state index contributed by atoms with van der Waals surface area (Å²) in [6.45, 7) is 6.23. The summed E-state index contributed by atoms with van der Waals surface area (Å²) in [5.41, 5.74) is 5.12. The van der Waals surface area contributed by atoms with Crippen LogP contribution >= 0.6 is 0 Å². The molecule has 4 heteroatoms. The first kappa shape index (κ1) is 10.2. The van der Waals surface area contributed by atoms with Gasteiger partial charge in [-0.3, -0.25) is 0 Å². The first-order valence-electron chi connectivity index (χ1n) is 3.65. The molecule has 0 aromatic carbocycles. The molecular weight excluding hydrogens is 144 g/mol. The third kappa shape index (κ3) is 7.12. The second kappa shape index (κ2) is 4.18. The van der Waals surface area contributed by atoms with Crippen LogP contribution in [0, 0.1) is 0 Å². The highest BCUT2D eigenvalue weighted by Crippen LogP contribution is 1.96. The molecule has 11 heavy (non-hydrogen) atoms. The molecule has 0 fully saturated rings. The molecule has 0 radical (unpaired) electrons. The van der Waals surface area contributed by atoms with Gasteiger partial charge in [-0.15, -0.1) is 0 Å². The van der Waals surface area contributed by atoms with E-state index in [1.807, 2.05) is 6.92 Å². The van der Waals surface area contributed by atoms with E-state index in [0.717, 1.165) is 0 Å². The van der Waals surface area contributed by atoms with E-state index in [1.54, 1.807) is 13.8 Å². The summed E-state index contributed by atoms with van der Waals surface area (Å²) in [4.78, 5) is 10.7. The van der Waals surface area contributed by atoms with Crippen molar-refractivity contribution in [1.29, 1.82) is 0 Å². The van der Waals surface area contributed by atoms with Gasteiger partial charge >= 0.3 is 6.09 Å². The number of carbonyl (C=O) groups is 1. The average molecular weight is 160 g/mol. The molecule has 66 valence electrons. The van der Waals surface area contributed by atoms with Gasteiger partial charge in [0.25, 0.3) is 0 Å². The van der Waals surface area contributed by atoms with Crippen LogP contribution in [-0.4, -0.2) is 24.8 Å². The minimum atomic E-state index is -0.453. The molecular formula is C7H16N2O2. The first-order valence-corrected chi connectivity index (χ1v) is 3.65. The molecule has 0 unspecified atom stereocenters. The van der Waals surface area contributed by atoms with Crippen molar-refractivity contribution < 1.29 is 9.53 Å². The van der Waals surface area contributed by atoms with Gasteiger partial charge in [0.15, 0.2) is 0 Å². The van der Waals surface area contributed by atoms with Gasteiger partial charge in [0.2, 0.25) is 0 Å². The predicted octanol–water partition coefficient (Wildman–Crippen LogP) is 0.470. The van der Waals surface area contributed by atoms with E-state index in [0.29, 0.717) is 6.54 Å². The minimum absolute atomic E-state index is 0.235. The number of alkyl carbamates (subject to hydrolysis) is 1. The van der Waals surface area contributed by atoms with Crippen LogP contribution in [0.1, 0.15) is 20.8 Å². The number of nitrogens with one attached hydrogen (secondary N) is 1. The lowest BCUT2D eigenvalue weighted by atomic mass is 10.1. The van der Waals surface area contributed by atoms with E-state index in [9.17, 15) is 4.79 Å². The Balaban J connectivity index is 3.46. The van der Waals surface area contributed by atoms with Gasteiger partial charge in [-0.1, -0.05) is 0 Å². The second-order valence-corrected chi connectivity index (χ2v) is 3.10. The Morgan fingerprint density at radius 3 is 2.55 bits per heavy atom. The van der Waals surface area contributed by atoms with E-state index in [4.69, 9.17) is 10.5 Å². The fraction of sp³-hybridized carbons (Fsp3) is 0.857. The molecule has 0 aliphatic carbocycles. The molecule has 3 N–H and O–H groups in total. The third-order valence-electron chi connectivity index (χ3n) is 0.896. The van der Waals surface area contributed by atoms with Crippen molar-refractivity contribution in [3.63, 3.8) is 0 Å². The maximum Gasteiger partial charge on any atom is 0.407 e. The maximum atomic E-state index is 10.7. The van der Waals surface area contributed by atoms with Gasteiger partial charge in [-0.05, 0) is 20.8 Å². The molecule has 0 bridgehead atoms. The van der Waals surface area contributed by atoms with Crippen molar-refractivity contribution in [3.8, 4) is 0 Å². The number of hydrogen-bond acceptors (Lipinski definition) is 3. The zero-order valence-corrected chi connectivity index (χ0v) is 7.31. The first-order chi connectivity index (χ1) is 4.95. The van der Waals surface area contributed by atoms with Crippen LogP contribution in [0.25, 0.3) is 0 Å². The zero-order chi connectivity index (χ0) is 8.91. The van der Waals surface area contributed by atoms with Crippen LogP contribution in [0.5, 0.6) is 0 Å². The lowest BCUT2D eigenvalue weighted by molar-refractivity contribution is 0.125. The number of amides is 1. The average Bonchev–Trinajstić information content (AvgIpc) is 1.83. The van der Waals surface area contributed by atoms with E-state index in [2.05, 4.69) is 5.32 Å². The molecule has 4 nitrogen and oxygen atoms in total. The zero-order valence-electron chi connectivity index (χ0n) is 7.31. The summed E-state index contributed by atoms with van der Waals surface area (Å²) in [7, 11) is 0. The fourth-order valence-corrected chi connectivity index (χ4v) is 0.447. The summed E-state index contributed by atoms with van der Waals surface area (Å²) in [6.07, 6.45) is -0.411. The Bertz CT molecular complexity index is 129. The van der Waals surface area contributed by atoms with E-state index < -0.39 is 11.6 Å². The van der Waals surface area contributed by atoms with Crippen LogP contribution in [0.3, 0.4) is 0 Å². The van der Waals surface area contributed by atoms with Crippen LogP contribution in [0.4, 0.5) is 4.79 Å². The van der Waals surface area contributed by atoms with Gasteiger partial charge in [0, 0.05) is 12.1 Å². The van der Waals surface area contributed by atoms with Crippen molar-refractivity contribution in [1.82, 2.24) is 5.32 Å². The Morgan fingerprint density at radius 1 is 1.64 bits per heavy atom. The monoisotopic (exact) mass is 160 g/mol. The molecule has 0 atom stereocenters. The second-order valence-electron chi connectivity index (χ2n) is 3.10. The number of rotatable bonds is 3. The lowest BCUT2D eigenvalue weighted by Crippen LogP contribution is -2.40. The van der Waals surface area contributed by atoms with Gasteiger partial charge in [-0.2, -0.15) is 0 Å². The van der Waals surface area contributed by atoms with Gasteiger partial charge < -0.3 is 15.8 Å². The Labute approximate surface area is 67.1 Å². The van der Waals surface area contributed by atoms with Crippen LogP contribution in [0.15, 0.2) is 0 Å². The SMILES string of the molecule is CCNC(=O)OCC(C)(C)N. The van der Waals surface area contributed by atoms with Gasteiger partial charge in [-0.25, -0.2) is 4.79 Å². The normalized spacial score (nSPS) is 10.9. The van der Waals surface area contributed by atoms with Crippen molar-refractivity contribution in [2.24, 2.45) is 5.73 Å². The van der Waals surface area contributed by atoms with Gasteiger partial charge in [0.1, 0.15) is 6.61 Å². The van der Waals surface area contributed by atoms with E-state index >= 15 is 0 Å². The molecule has 0 rings (SSSR count). The molecule has 0 saturated heterocycles. The molecule has 1 amide bonds. The maximum absolute atomic E-state index is 10.7. The highest BCUT2D eigenvalue weighted by molar-refractivity contribution is 5.67. The molecule has 0 heterocycles. The van der Waals surface area contributed by atoms with Crippen LogP contribution in [0.2, 0.25) is 0 Å². The Morgan fingerprint density at radius 2 is 2.18 bits per heavy atom. The minimum Gasteiger partial charge on any atom is -0.448 e. The van der Waals surface area contributed by atoms with E-state index in [1.165, 1.54) is 0 Å². The summed E-state index contributed by atoms with van der Waals surface area (Å²) >= 11 is 0. The van der Waals surface area contributed by atoms with Crippen molar-refractivity contribution in [3.05, 3.63) is 0 Å². The Kier molecular flexibility index (Phi) is 3.89. The van der Waals surface area contributed by atoms with Crippen LogP contribution < -0.4 is 11.1 Å². The molecule has 0 aromatic heterocycles. The molecule has 0 aromatic rings. The Hall–Kier alpha value is -0.770. The van der Waals surface area contributed by atoms with Crippen molar-refractivity contribution in [2.75, 3.05) is 13.2 Å². The summed E-state index contributed by atoms with van der Waals surface area (Å²) < 4.78 is 4.77. The lowest BCUT2D eigenvalue weighted by Gasteiger charge is -2.17. The van der Waals surface area contributed by atoms with E-state index in [-0.39, 0.29) is 6.61 Å². The largest absolute Gasteiger partial charge is 0.448 e. The fourth-order valence-electron chi connectivity index (χ4n) is 0.447. The summed E-state index contributed by atoms with van der Waals surface area (Å²) in [6, 6.07) is 0. The topological polar surface area (TPSA) is 64.3 Å². The third-order valence-corrected chi connectivity index (χ3v) is 0.896. The van der Waals surface area contributed by atoms with Crippen LogP contribution in [-0.2, 0) is 4.74 Å². The number of carbonyl (C=O) groups excluding carboxylic acids is 1. The predicted molar refractivity (Wildman–Crippen MR) is 43.3 cm³/mol. The quantitative estimate of drug-likeness (QED) is 0.630. The number of nitrogens with two attached hydrogens (primary N) is 1. The smallest absolute Gasteiger partial charge is 0.407 e. The summed E-state index contributed by atoms with van der Waals surface area (Å²) in [5.74, 6) is 0. The molecule has 0 spiro atoms.